The minimum atomic E-state index is -3.63. The average molecular weight is 305 g/mol. The number of pyridine rings is 1. The lowest BCUT2D eigenvalue weighted by molar-refractivity contribution is 0.590. The number of hydrogen-bond acceptors (Lipinski definition) is 4. The number of nitrogens with zero attached hydrogens (tertiary/aromatic N) is 2. The minimum absolute atomic E-state index is 0.0501. The molecule has 1 aromatic carbocycles. The molecule has 0 radical (unpaired) electrons. The number of aromatic nitrogens is 1. The normalized spacial score (nSPS) is 11.3. The van der Waals surface area contributed by atoms with Gasteiger partial charge in [-0.1, -0.05) is 31.2 Å². The SMILES string of the molecule is CCNCc1ccc(S(=O)(=O)N(C)c2ccccc2)nc1. The highest BCUT2D eigenvalue weighted by Gasteiger charge is 2.22. The first-order valence-corrected chi connectivity index (χ1v) is 8.19. The Hall–Kier alpha value is -1.92. The molecule has 0 aliphatic carbocycles. The smallest absolute Gasteiger partial charge is 0.281 e. The molecule has 2 rings (SSSR count). The van der Waals surface area contributed by atoms with E-state index >= 15 is 0 Å². The summed E-state index contributed by atoms with van der Waals surface area (Å²) in [5.74, 6) is 0. The maximum atomic E-state index is 12.5. The van der Waals surface area contributed by atoms with Gasteiger partial charge in [-0.2, -0.15) is 8.42 Å². The summed E-state index contributed by atoms with van der Waals surface area (Å²) < 4.78 is 26.2. The number of rotatable bonds is 6. The first kappa shape index (κ1) is 15.5. The fourth-order valence-electron chi connectivity index (χ4n) is 1.85. The van der Waals surface area contributed by atoms with Gasteiger partial charge in [0.1, 0.15) is 0 Å². The van der Waals surface area contributed by atoms with E-state index in [2.05, 4.69) is 10.3 Å². The van der Waals surface area contributed by atoms with Crippen LogP contribution in [0.2, 0.25) is 0 Å². The highest BCUT2D eigenvalue weighted by molar-refractivity contribution is 7.92. The van der Waals surface area contributed by atoms with Crippen LogP contribution in [0.1, 0.15) is 12.5 Å². The number of hydrogen-bond donors (Lipinski definition) is 1. The van der Waals surface area contributed by atoms with Crippen molar-refractivity contribution >= 4 is 15.7 Å². The molecule has 0 spiro atoms. The highest BCUT2D eigenvalue weighted by Crippen LogP contribution is 2.20. The van der Waals surface area contributed by atoms with Gasteiger partial charge >= 0.3 is 0 Å². The van der Waals surface area contributed by atoms with Gasteiger partial charge < -0.3 is 5.32 Å². The van der Waals surface area contributed by atoms with Crippen LogP contribution in [0.25, 0.3) is 0 Å². The Labute approximate surface area is 125 Å². The molecule has 0 aliphatic rings. The van der Waals surface area contributed by atoms with Crippen molar-refractivity contribution in [3.63, 3.8) is 0 Å². The van der Waals surface area contributed by atoms with E-state index in [9.17, 15) is 8.42 Å². The quantitative estimate of drug-likeness (QED) is 0.887. The van der Waals surface area contributed by atoms with E-state index in [1.54, 1.807) is 42.6 Å². The Morgan fingerprint density at radius 2 is 1.86 bits per heavy atom. The molecule has 0 atom stereocenters. The van der Waals surface area contributed by atoms with Gasteiger partial charge in [0.15, 0.2) is 5.03 Å². The molecule has 1 heterocycles. The predicted octanol–water partition coefficient (Wildman–Crippen LogP) is 2.02. The van der Waals surface area contributed by atoms with Gasteiger partial charge in [0, 0.05) is 19.8 Å². The summed E-state index contributed by atoms with van der Waals surface area (Å²) in [5, 5.41) is 3.22. The van der Waals surface area contributed by atoms with Gasteiger partial charge in [0.25, 0.3) is 10.0 Å². The fourth-order valence-corrected chi connectivity index (χ4v) is 2.96. The van der Waals surface area contributed by atoms with E-state index in [1.165, 1.54) is 11.4 Å². The van der Waals surface area contributed by atoms with Gasteiger partial charge in [-0.05, 0) is 30.3 Å². The van der Waals surface area contributed by atoms with Crippen LogP contribution < -0.4 is 9.62 Å². The lowest BCUT2D eigenvalue weighted by atomic mass is 10.3. The highest BCUT2D eigenvalue weighted by atomic mass is 32.2. The van der Waals surface area contributed by atoms with Crippen molar-refractivity contribution < 1.29 is 8.42 Å². The standard InChI is InChI=1S/C15H19N3O2S/c1-3-16-11-13-9-10-15(17-12-13)21(19,20)18(2)14-7-5-4-6-8-14/h4-10,12,16H,3,11H2,1-2H3. The molecule has 0 bridgehead atoms. The zero-order valence-electron chi connectivity index (χ0n) is 12.2. The number of nitrogens with one attached hydrogen (secondary N) is 1. The zero-order chi connectivity index (χ0) is 15.3. The molecular formula is C15H19N3O2S. The molecule has 0 fully saturated rings. The monoisotopic (exact) mass is 305 g/mol. The number of para-hydroxylation sites is 1. The average Bonchev–Trinajstić information content (AvgIpc) is 2.53. The summed E-state index contributed by atoms with van der Waals surface area (Å²) in [6, 6.07) is 12.3. The van der Waals surface area contributed by atoms with Gasteiger partial charge in [-0.3, -0.25) is 4.31 Å². The molecule has 0 saturated carbocycles. The molecule has 6 heteroatoms. The summed E-state index contributed by atoms with van der Waals surface area (Å²) >= 11 is 0. The molecule has 112 valence electrons. The van der Waals surface area contributed by atoms with Crippen LogP contribution >= 0.6 is 0 Å². The van der Waals surface area contributed by atoms with Crippen molar-refractivity contribution in [3.05, 3.63) is 54.2 Å². The second kappa shape index (κ2) is 6.69. The lowest BCUT2D eigenvalue weighted by Crippen LogP contribution is -2.27. The van der Waals surface area contributed by atoms with Crippen LogP contribution in [0.5, 0.6) is 0 Å². The van der Waals surface area contributed by atoms with E-state index in [4.69, 9.17) is 0 Å². The van der Waals surface area contributed by atoms with E-state index < -0.39 is 10.0 Å². The zero-order valence-corrected chi connectivity index (χ0v) is 13.0. The van der Waals surface area contributed by atoms with Crippen molar-refractivity contribution in [2.24, 2.45) is 0 Å². The maximum absolute atomic E-state index is 12.5. The molecule has 0 saturated heterocycles. The van der Waals surface area contributed by atoms with Gasteiger partial charge in [-0.15, -0.1) is 0 Å². The topological polar surface area (TPSA) is 62.3 Å². The molecular weight excluding hydrogens is 286 g/mol. The summed E-state index contributed by atoms with van der Waals surface area (Å²) in [4.78, 5) is 4.08. The molecule has 0 aliphatic heterocycles. The molecule has 0 unspecified atom stereocenters. The fraction of sp³-hybridized carbons (Fsp3) is 0.267. The van der Waals surface area contributed by atoms with Crippen molar-refractivity contribution in [2.45, 2.75) is 18.5 Å². The van der Waals surface area contributed by atoms with Crippen molar-refractivity contribution in [2.75, 3.05) is 17.9 Å². The maximum Gasteiger partial charge on any atom is 0.281 e. The number of benzene rings is 1. The van der Waals surface area contributed by atoms with Crippen LogP contribution in [0.3, 0.4) is 0 Å². The summed E-state index contributed by atoms with van der Waals surface area (Å²) in [6.07, 6.45) is 1.59. The van der Waals surface area contributed by atoms with Crippen LogP contribution in [0.4, 0.5) is 5.69 Å². The van der Waals surface area contributed by atoms with E-state index in [-0.39, 0.29) is 5.03 Å². The lowest BCUT2D eigenvalue weighted by Gasteiger charge is -2.18. The summed E-state index contributed by atoms with van der Waals surface area (Å²) in [7, 11) is -2.10. The van der Waals surface area contributed by atoms with Gasteiger partial charge in [0.05, 0.1) is 5.69 Å². The van der Waals surface area contributed by atoms with Crippen LogP contribution in [-0.2, 0) is 16.6 Å². The van der Waals surface area contributed by atoms with Crippen LogP contribution in [-0.4, -0.2) is 27.0 Å². The van der Waals surface area contributed by atoms with E-state index in [1.807, 2.05) is 13.0 Å². The Morgan fingerprint density at radius 1 is 1.14 bits per heavy atom. The van der Waals surface area contributed by atoms with Gasteiger partial charge in [-0.25, -0.2) is 4.98 Å². The third kappa shape index (κ3) is 3.59. The summed E-state index contributed by atoms with van der Waals surface area (Å²) in [6.45, 7) is 3.55. The molecule has 1 N–H and O–H groups in total. The van der Waals surface area contributed by atoms with Crippen LogP contribution in [0.15, 0.2) is 53.7 Å². The molecule has 0 amide bonds. The third-order valence-corrected chi connectivity index (χ3v) is 4.82. The van der Waals surface area contributed by atoms with Gasteiger partial charge in [0.2, 0.25) is 0 Å². The largest absolute Gasteiger partial charge is 0.313 e. The summed E-state index contributed by atoms with van der Waals surface area (Å²) in [5.41, 5.74) is 1.56. The van der Waals surface area contributed by atoms with E-state index in [0.29, 0.717) is 12.2 Å². The predicted molar refractivity (Wildman–Crippen MR) is 83.6 cm³/mol. The first-order valence-electron chi connectivity index (χ1n) is 6.75. The van der Waals surface area contributed by atoms with Crippen molar-refractivity contribution in [1.29, 1.82) is 0 Å². The van der Waals surface area contributed by atoms with Crippen LogP contribution in [0, 0.1) is 0 Å². The van der Waals surface area contributed by atoms with E-state index in [0.717, 1.165) is 12.1 Å². The molecule has 2 aromatic rings. The second-order valence-corrected chi connectivity index (χ2v) is 6.51. The molecule has 5 nitrogen and oxygen atoms in total. The van der Waals surface area contributed by atoms with Crippen molar-refractivity contribution in [1.82, 2.24) is 10.3 Å². The molecule has 1 aromatic heterocycles. The Kier molecular flexibility index (Phi) is 4.93. The Bertz CT molecular complexity index is 670. The second-order valence-electron chi connectivity index (χ2n) is 4.59. The minimum Gasteiger partial charge on any atom is -0.313 e. The Balaban J connectivity index is 2.23. The molecule has 21 heavy (non-hydrogen) atoms. The Morgan fingerprint density at radius 3 is 2.43 bits per heavy atom. The van der Waals surface area contributed by atoms with Crippen molar-refractivity contribution in [3.8, 4) is 0 Å². The number of sulfonamides is 1. The third-order valence-electron chi connectivity index (χ3n) is 3.12. The first-order chi connectivity index (χ1) is 10.1. The number of anilines is 1.